The van der Waals surface area contributed by atoms with Crippen LogP contribution in [0.2, 0.25) is 0 Å². The van der Waals surface area contributed by atoms with Gasteiger partial charge in [-0.3, -0.25) is 0 Å². The summed E-state index contributed by atoms with van der Waals surface area (Å²) in [5, 5.41) is 0. The molecule has 0 amide bonds. The number of fused-ring (bicyclic) bond motifs is 1. The fourth-order valence-corrected chi connectivity index (χ4v) is 1.69. The van der Waals surface area contributed by atoms with Crippen LogP contribution in [0.15, 0.2) is 18.2 Å². The molecule has 0 unspecified atom stereocenters. The molecule has 1 aliphatic rings. The lowest BCUT2D eigenvalue weighted by atomic mass is 10.1. The van der Waals surface area contributed by atoms with Gasteiger partial charge in [-0.25, -0.2) is 0 Å². The van der Waals surface area contributed by atoms with Gasteiger partial charge in [0.2, 0.25) is 12.5 Å². The van der Waals surface area contributed by atoms with E-state index in [-0.39, 0.29) is 0 Å². The van der Waals surface area contributed by atoms with Gasteiger partial charge in [0, 0.05) is 0 Å². The molecule has 0 bridgehead atoms. The van der Waals surface area contributed by atoms with Crippen molar-refractivity contribution >= 4 is 0 Å². The Balaban J connectivity index is 1.88. The summed E-state index contributed by atoms with van der Waals surface area (Å²) in [6.07, 6.45) is 2.26. The number of benzene rings is 1. The molecule has 1 heterocycles. The summed E-state index contributed by atoms with van der Waals surface area (Å²) >= 11 is 0. The third kappa shape index (κ3) is 2.60. The van der Waals surface area contributed by atoms with Crippen molar-refractivity contribution in [3.8, 4) is 17.2 Å². The van der Waals surface area contributed by atoms with Gasteiger partial charge in [0.1, 0.15) is 0 Å². The van der Waals surface area contributed by atoms with Crippen molar-refractivity contribution in [1.82, 2.24) is 0 Å². The minimum absolute atomic E-state index is 0.293. The maximum atomic E-state index is 5.69. The Morgan fingerprint density at radius 1 is 1.31 bits per heavy atom. The molecule has 3 heteroatoms. The van der Waals surface area contributed by atoms with Crippen LogP contribution in [-0.4, -0.2) is 13.4 Å². The van der Waals surface area contributed by atoms with Crippen LogP contribution in [0.3, 0.4) is 0 Å². The van der Waals surface area contributed by atoms with Crippen molar-refractivity contribution in [3.05, 3.63) is 18.2 Å². The minimum atomic E-state index is 0.293. The zero-order valence-electron chi connectivity index (χ0n) is 9.86. The fraction of sp³-hybridized carbons (Fsp3) is 0.538. The van der Waals surface area contributed by atoms with Crippen LogP contribution in [0.25, 0.3) is 0 Å². The summed E-state index contributed by atoms with van der Waals surface area (Å²) in [7, 11) is 0. The monoisotopic (exact) mass is 222 g/mol. The van der Waals surface area contributed by atoms with E-state index >= 15 is 0 Å². The van der Waals surface area contributed by atoms with Gasteiger partial charge in [-0.2, -0.15) is 0 Å². The smallest absolute Gasteiger partial charge is 0.231 e. The summed E-state index contributed by atoms with van der Waals surface area (Å²) in [5.74, 6) is 3.04. The van der Waals surface area contributed by atoms with Gasteiger partial charge in [0.25, 0.3) is 0 Å². The first-order chi connectivity index (χ1) is 7.77. The van der Waals surface area contributed by atoms with E-state index in [1.165, 1.54) is 6.42 Å². The zero-order chi connectivity index (χ0) is 11.4. The Labute approximate surface area is 96.3 Å². The van der Waals surface area contributed by atoms with Crippen LogP contribution in [0, 0.1) is 5.92 Å². The molecule has 1 aromatic carbocycles. The summed E-state index contributed by atoms with van der Waals surface area (Å²) in [4.78, 5) is 0. The predicted octanol–water partition coefficient (Wildman–Crippen LogP) is 3.23. The molecule has 0 radical (unpaired) electrons. The van der Waals surface area contributed by atoms with Gasteiger partial charge in [-0.1, -0.05) is 19.9 Å². The fourth-order valence-electron chi connectivity index (χ4n) is 1.69. The molecule has 0 atom stereocenters. The summed E-state index contributed by atoms with van der Waals surface area (Å²) < 4.78 is 16.3. The lowest BCUT2D eigenvalue weighted by Crippen LogP contribution is -2.00. The van der Waals surface area contributed by atoms with Gasteiger partial charge < -0.3 is 14.2 Å². The minimum Gasteiger partial charge on any atom is -0.490 e. The molecular weight excluding hydrogens is 204 g/mol. The number of rotatable bonds is 5. The van der Waals surface area contributed by atoms with E-state index in [0.717, 1.165) is 36.2 Å². The van der Waals surface area contributed by atoms with E-state index in [1.807, 2.05) is 18.2 Å². The van der Waals surface area contributed by atoms with Crippen LogP contribution in [0.5, 0.6) is 17.2 Å². The molecule has 0 aromatic heterocycles. The lowest BCUT2D eigenvalue weighted by molar-refractivity contribution is 0.169. The highest BCUT2D eigenvalue weighted by Gasteiger charge is 2.17. The Morgan fingerprint density at radius 3 is 3.00 bits per heavy atom. The first kappa shape index (κ1) is 11.1. The zero-order valence-corrected chi connectivity index (χ0v) is 9.86. The Kier molecular flexibility index (Phi) is 3.54. The highest BCUT2D eigenvalue weighted by molar-refractivity contribution is 5.52. The average molecular weight is 222 g/mol. The highest BCUT2D eigenvalue weighted by Crippen LogP contribution is 2.40. The largest absolute Gasteiger partial charge is 0.490 e. The van der Waals surface area contributed by atoms with Crippen LogP contribution in [0.1, 0.15) is 26.7 Å². The van der Waals surface area contributed by atoms with Gasteiger partial charge in [0.15, 0.2) is 11.5 Å². The molecule has 0 saturated heterocycles. The number of hydrogen-bond donors (Lipinski definition) is 0. The standard InChI is InChI=1S/C13H18O3/c1-10(2)5-4-8-14-11-6-3-7-12-13(11)16-9-15-12/h3,6-7,10H,4-5,8-9H2,1-2H3. The van der Waals surface area contributed by atoms with Crippen molar-refractivity contribution in [3.63, 3.8) is 0 Å². The molecule has 1 aliphatic heterocycles. The summed E-state index contributed by atoms with van der Waals surface area (Å²) in [5.41, 5.74) is 0. The predicted molar refractivity (Wildman–Crippen MR) is 62.1 cm³/mol. The molecule has 88 valence electrons. The molecule has 2 rings (SSSR count). The van der Waals surface area contributed by atoms with Crippen LogP contribution >= 0.6 is 0 Å². The molecule has 0 saturated carbocycles. The Hall–Kier alpha value is -1.38. The molecule has 0 N–H and O–H groups in total. The summed E-state index contributed by atoms with van der Waals surface area (Å²) in [6.45, 7) is 5.47. The first-order valence-corrected chi connectivity index (χ1v) is 5.79. The van der Waals surface area contributed by atoms with Gasteiger partial charge in [-0.15, -0.1) is 0 Å². The van der Waals surface area contributed by atoms with Gasteiger partial charge >= 0.3 is 0 Å². The van der Waals surface area contributed by atoms with Crippen molar-refractivity contribution in [2.75, 3.05) is 13.4 Å². The van der Waals surface area contributed by atoms with E-state index in [4.69, 9.17) is 14.2 Å². The van der Waals surface area contributed by atoms with E-state index in [9.17, 15) is 0 Å². The Morgan fingerprint density at radius 2 is 2.19 bits per heavy atom. The van der Waals surface area contributed by atoms with Crippen molar-refractivity contribution in [2.24, 2.45) is 5.92 Å². The second-order valence-corrected chi connectivity index (χ2v) is 4.37. The SMILES string of the molecule is CC(C)CCCOc1cccc2c1OCO2. The molecule has 0 fully saturated rings. The number of para-hydroxylation sites is 1. The Bertz CT molecular complexity index is 347. The third-order valence-corrected chi connectivity index (χ3v) is 2.54. The maximum absolute atomic E-state index is 5.69. The highest BCUT2D eigenvalue weighted by atomic mass is 16.7. The maximum Gasteiger partial charge on any atom is 0.231 e. The quantitative estimate of drug-likeness (QED) is 0.716. The first-order valence-electron chi connectivity index (χ1n) is 5.79. The summed E-state index contributed by atoms with van der Waals surface area (Å²) in [6, 6.07) is 5.73. The molecular formula is C13H18O3. The number of hydrogen-bond acceptors (Lipinski definition) is 3. The van der Waals surface area contributed by atoms with Crippen molar-refractivity contribution in [2.45, 2.75) is 26.7 Å². The molecule has 16 heavy (non-hydrogen) atoms. The van der Waals surface area contributed by atoms with Crippen LogP contribution in [0.4, 0.5) is 0 Å². The lowest BCUT2D eigenvalue weighted by Gasteiger charge is -2.09. The molecule has 3 nitrogen and oxygen atoms in total. The topological polar surface area (TPSA) is 27.7 Å². The van der Waals surface area contributed by atoms with Crippen LogP contribution in [-0.2, 0) is 0 Å². The van der Waals surface area contributed by atoms with Crippen LogP contribution < -0.4 is 14.2 Å². The third-order valence-electron chi connectivity index (χ3n) is 2.54. The molecule has 0 aliphatic carbocycles. The van der Waals surface area contributed by atoms with Gasteiger partial charge in [0.05, 0.1) is 6.61 Å². The van der Waals surface area contributed by atoms with Crippen molar-refractivity contribution < 1.29 is 14.2 Å². The van der Waals surface area contributed by atoms with E-state index in [1.54, 1.807) is 0 Å². The van der Waals surface area contributed by atoms with Gasteiger partial charge in [-0.05, 0) is 30.9 Å². The second-order valence-electron chi connectivity index (χ2n) is 4.37. The second kappa shape index (κ2) is 5.10. The molecule has 1 aromatic rings. The van der Waals surface area contributed by atoms with E-state index in [2.05, 4.69) is 13.8 Å². The normalized spacial score (nSPS) is 13.2. The van der Waals surface area contributed by atoms with E-state index in [0.29, 0.717) is 6.79 Å². The number of ether oxygens (including phenoxy) is 3. The molecule has 0 spiro atoms. The van der Waals surface area contributed by atoms with E-state index < -0.39 is 0 Å². The van der Waals surface area contributed by atoms with Crippen molar-refractivity contribution in [1.29, 1.82) is 0 Å². The average Bonchev–Trinajstić information content (AvgIpc) is 2.72.